The van der Waals surface area contributed by atoms with Gasteiger partial charge in [-0.3, -0.25) is 0 Å². The van der Waals surface area contributed by atoms with Gasteiger partial charge < -0.3 is 82.2 Å². The molecule has 10 aromatic heterocycles. The Bertz CT molecular complexity index is 5110. The van der Waals surface area contributed by atoms with Crippen molar-refractivity contribution in [3.63, 3.8) is 0 Å². The number of hydrogen-bond acceptors (Lipinski definition) is 26. The summed E-state index contributed by atoms with van der Waals surface area (Å²) in [5.41, 5.74) is 26.4. The largest absolute Gasteiger partial charge is 1.00 e. The Hall–Kier alpha value is -5.90. The molecule has 4 fully saturated rings. The minimum absolute atomic E-state index is 0. The van der Waals surface area contributed by atoms with Crippen molar-refractivity contribution in [1.82, 2.24) is 63.9 Å². The van der Waals surface area contributed by atoms with Gasteiger partial charge in [-0.1, -0.05) is 113 Å². The van der Waals surface area contributed by atoms with Gasteiger partial charge >= 0.3 is 66.2 Å². The van der Waals surface area contributed by atoms with Crippen molar-refractivity contribution in [3.8, 4) is 31.3 Å². The van der Waals surface area contributed by atoms with Gasteiger partial charge in [-0.25, -0.2) is 15.0 Å². The van der Waals surface area contributed by atoms with Crippen LogP contribution in [0.3, 0.4) is 0 Å². The van der Waals surface area contributed by atoms with Crippen LogP contribution < -0.4 is 107 Å². The monoisotopic (exact) mass is 1970 g/mol. The number of benzene rings is 3. The van der Waals surface area contributed by atoms with Crippen molar-refractivity contribution in [2.24, 2.45) is 5.73 Å². The van der Waals surface area contributed by atoms with Gasteiger partial charge in [0.25, 0.3) is 0 Å². The molecule has 34 heteroatoms. The van der Waals surface area contributed by atoms with Crippen molar-refractivity contribution in [1.29, 1.82) is 0 Å². The van der Waals surface area contributed by atoms with Gasteiger partial charge in [-0.2, -0.15) is 29.9 Å². The molecule has 0 bridgehead atoms. The fraction of sp³-hybridized carbons (Fsp3) is 0.438. The van der Waals surface area contributed by atoms with E-state index in [1.54, 1.807) is 6.07 Å². The fourth-order valence-electron chi connectivity index (χ4n) is 14.6. The molecule has 26 nitrogen and oxygen atoms in total. The summed E-state index contributed by atoms with van der Waals surface area (Å²) in [6, 6.07) is 45.7. The Morgan fingerprint density at radius 1 is 0.455 bits per heavy atom. The van der Waals surface area contributed by atoms with Crippen molar-refractivity contribution >= 4 is 126 Å². The molecule has 1 radical (unpaired) electrons. The maximum absolute atomic E-state index is 8.60. The number of aromatic nitrogens is 12. The normalized spacial score (nSPS) is 17.1. The zero-order chi connectivity index (χ0) is 82.8. The van der Waals surface area contributed by atoms with E-state index in [0.29, 0.717) is 72.5 Å². The third-order valence-electron chi connectivity index (χ3n) is 21.3. The number of imidazole rings is 3. The number of anilines is 6. The molecule has 3 saturated carbocycles. The summed E-state index contributed by atoms with van der Waals surface area (Å²) < 4.78 is 6.91. The van der Waals surface area contributed by atoms with Crippen LogP contribution >= 0.6 is 45.3 Å². The summed E-state index contributed by atoms with van der Waals surface area (Å²) in [6.07, 6.45) is 19.4. The Balaban J connectivity index is 0.000000208. The Kier molecular flexibility index (Phi) is 41.8. The van der Waals surface area contributed by atoms with E-state index in [9.17, 15) is 0 Å². The number of nitrogens with two attached hydrogens (primary N) is 1. The zero-order valence-corrected chi connectivity index (χ0v) is 83.9. The third-order valence-corrected chi connectivity index (χ3v) is 25.5. The van der Waals surface area contributed by atoms with Gasteiger partial charge in [0.15, 0.2) is 50.9 Å². The molecule has 643 valence electrons. The van der Waals surface area contributed by atoms with Crippen LogP contribution in [0.2, 0.25) is 0 Å². The number of thiophene rings is 4. The summed E-state index contributed by atoms with van der Waals surface area (Å²) in [6.45, 7) is 27.6. The molecule has 0 unspecified atom stereocenters. The van der Waals surface area contributed by atoms with Crippen LogP contribution in [0, 0.1) is 78.6 Å². The first kappa shape index (κ1) is 102. The van der Waals surface area contributed by atoms with Gasteiger partial charge in [0, 0.05) is 151 Å². The smallest absolute Gasteiger partial charge is 0.675 e. The number of nitrogens with zero attached hydrogens (tertiary/aromatic N) is 12. The summed E-state index contributed by atoms with van der Waals surface area (Å²) in [5.74, 6) is 4.26. The quantitative estimate of drug-likeness (QED) is 0.0144. The molecule has 13 aromatic rings. The van der Waals surface area contributed by atoms with Crippen LogP contribution in [0.1, 0.15) is 201 Å². The minimum atomic E-state index is -1.30. The predicted molar refractivity (Wildman–Crippen MR) is 498 cm³/mol. The number of nitrogens with one attached hydrogen (secondary N) is 8. The number of hydrogen-bond donors (Lipinski definition) is 10. The van der Waals surface area contributed by atoms with E-state index in [1.807, 2.05) is 66.0 Å². The standard InChI is InChI=1S/C29H39N7S.C26H33N7S.C26H32N7S.C5H7BO2S.CHO3.2CH4.Ac.2Na/c1-5-16-30-23-11-13-24(14-12-23)33-29-34-27(26-28(35-29)36(18-32-26)19(2)3)31-17-21-7-9-22(10-8-21)25-15-6-20(4)37-25;2*1-16(2)33-15-29-23-24(31-26(32-25(23)33)30-21-11-9-20(27)10-12-21)28-14-18-5-7-19(8-6-18)22-13-4-17(3)34-22;1-4-2-3-5(9-4)6(7)8;1-2-4-3-1;;;;;/h6-10,15,18-19,23-24,30H,5,11-14,16-17H2,1-4H3,(H2,31,33,34,35);4-8,13,15-16,20-21H,9-12,14,27H2,1-3H3,(H2,28,30,31,32);4-8,13,15-16,20-21,27H,9-12,14H2,1-3H3,(H2,28,30,31,32);2-3,7-8H,1H3;1H;2*1H4;;;/q;;-1;;-1;;;;2*+1. The maximum Gasteiger partial charge on any atom is 1.00 e. The van der Waals surface area contributed by atoms with E-state index in [-0.39, 0.29) is 142 Å². The van der Waals surface area contributed by atoms with Crippen LogP contribution in [0.4, 0.5) is 35.3 Å². The second-order valence-electron chi connectivity index (χ2n) is 31.6. The van der Waals surface area contributed by atoms with Crippen LogP contribution in [0.5, 0.6) is 0 Å². The first-order valence-corrected chi connectivity index (χ1v) is 44.5. The molecule has 3 aliphatic carbocycles. The SMILES string of the molecule is C.C.CCCNC1CCC(Nc2nc(NCc3ccc(-c4ccc(C)s4)cc3)c3ncn(C(C)C)c3n2)CC1.Cc1ccc(-c2ccc(CNc3nc(NC4CCC(N)CC4)nc4c3ncn4C(C)C)cc2)s1.Cc1ccc(-c2ccc(CNc3nc(NC4CCC([NH-])CC4)nc4c3ncn4C(C)C)cc2)s1.Cc1ccc(B(O)O)s1.[Ac].[CH-]1OOO1.[Na+].[Na+]. The molecular weight excluding hydrogens is 1860 g/mol. The molecule has 3 aromatic carbocycles. The van der Waals surface area contributed by atoms with Gasteiger partial charge in [0.05, 0.1) is 19.0 Å². The van der Waals surface area contributed by atoms with E-state index < -0.39 is 7.12 Å². The van der Waals surface area contributed by atoms with E-state index in [4.69, 9.17) is 51.4 Å². The molecular formula is C89H120AcBN21Na2O5S4. The van der Waals surface area contributed by atoms with Gasteiger partial charge in [0.2, 0.25) is 17.8 Å². The van der Waals surface area contributed by atoms with Crippen LogP contribution in [0.15, 0.2) is 140 Å². The van der Waals surface area contributed by atoms with E-state index in [1.165, 1.54) is 93.2 Å². The van der Waals surface area contributed by atoms with Crippen LogP contribution in [-0.2, 0) is 34.4 Å². The summed E-state index contributed by atoms with van der Waals surface area (Å²) in [5, 5.41) is 45.9. The average molecular weight is 1980 g/mol. The van der Waals surface area contributed by atoms with Gasteiger partial charge in [-0.15, -0.1) is 56.4 Å². The molecule has 11 heterocycles. The molecule has 123 heavy (non-hydrogen) atoms. The van der Waals surface area contributed by atoms with Crippen molar-refractivity contribution in [2.75, 3.05) is 38.4 Å². The second kappa shape index (κ2) is 50.2. The van der Waals surface area contributed by atoms with Crippen LogP contribution in [0.25, 0.3) is 70.5 Å². The minimum Gasteiger partial charge on any atom is -0.675 e. The summed E-state index contributed by atoms with van der Waals surface area (Å²) in [7, 11) is -1.30. The number of rotatable bonds is 25. The molecule has 12 N–H and O–H groups in total. The topological polar surface area (TPSA) is 333 Å². The van der Waals surface area contributed by atoms with Crippen LogP contribution in [-0.4, -0.2) is 119 Å². The molecule has 0 spiro atoms. The Labute approximate surface area is 821 Å². The van der Waals surface area contributed by atoms with Crippen molar-refractivity contribution in [3.05, 3.63) is 189 Å². The molecule has 0 amide bonds. The van der Waals surface area contributed by atoms with E-state index in [2.05, 4.69) is 259 Å². The number of fused-ring (bicyclic) bond motifs is 3. The molecule has 0 atom stereocenters. The Morgan fingerprint density at radius 2 is 0.756 bits per heavy atom. The zero-order valence-electron chi connectivity index (χ0n) is 71.9. The van der Waals surface area contributed by atoms with E-state index >= 15 is 0 Å². The average Bonchev–Trinajstić information content (AvgIpc) is 1.66. The molecule has 1 aliphatic heterocycles. The van der Waals surface area contributed by atoms with Crippen molar-refractivity contribution in [2.45, 2.75) is 248 Å². The predicted octanol–water partition coefficient (Wildman–Crippen LogP) is 14.4. The van der Waals surface area contributed by atoms with Gasteiger partial charge in [-0.05, 0) is 229 Å². The second-order valence-corrected chi connectivity index (χ2v) is 36.8. The first-order valence-electron chi connectivity index (χ1n) is 41.3. The molecule has 1 saturated heterocycles. The number of aryl methyl sites for hydroxylation is 4. The third kappa shape index (κ3) is 29.0. The Morgan fingerprint density at radius 3 is 1.02 bits per heavy atom. The first-order chi connectivity index (χ1) is 57.1. The fourth-order valence-corrected chi connectivity index (χ4v) is 18.0. The summed E-state index contributed by atoms with van der Waals surface area (Å²) in [4.78, 5) is 59.8. The molecule has 17 rings (SSSR count). The van der Waals surface area contributed by atoms with E-state index in [0.717, 1.165) is 133 Å². The summed E-state index contributed by atoms with van der Waals surface area (Å²) >= 11 is 6.86. The van der Waals surface area contributed by atoms with Gasteiger partial charge in [0.1, 0.15) is 0 Å². The maximum atomic E-state index is 8.60. The molecule has 4 aliphatic rings. The van der Waals surface area contributed by atoms with Crippen molar-refractivity contribution < 1.29 is 128 Å².